The fourth-order valence-corrected chi connectivity index (χ4v) is 3.15. The van der Waals surface area contributed by atoms with Crippen LogP contribution in [-0.2, 0) is 0 Å². The summed E-state index contributed by atoms with van der Waals surface area (Å²) in [5.41, 5.74) is 1.01. The minimum absolute atomic E-state index is 0.121. The Bertz CT molecular complexity index is 668. The Morgan fingerprint density at radius 1 is 0.952 bits per heavy atom. The van der Waals surface area contributed by atoms with E-state index in [1.807, 2.05) is 49.4 Å². The highest BCUT2D eigenvalue weighted by Gasteiger charge is 2.18. The molecule has 0 aromatic heterocycles. The molecule has 0 saturated heterocycles. The summed E-state index contributed by atoms with van der Waals surface area (Å²) in [7, 11) is 0. The number of rotatable bonds is 5. The average molecular weight is 292 g/mol. The van der Waals surface area contributed by atoms with Crippen LogP contribution >= 0.6 is 11.8 Å². The molecule has 2 nitrogen and oxygen atoms in total. The van der Waals surface area contributed by atoms with Crippen LogP contribution in [0, 0.1) is 28.6 Å². The van der Waals surface area contributed by atoms with E-state index in [2.05, 4.69) is 24.3 Å². The van der Waals surface area contributed by atoms with Crippen LogP contribution in [0.5, 0.6) is 0 Å². The Hall–Kier alpha value is -2.23. The molecule has 1 unspecified atom stereocenters. The van der Waals surface area contributed by atoms with Crippen molar-refractivity contribution < 1.29 is 0 Å². The van der Waals surface area contributed by atoms with Crippen LogP contribution < -0.4 is 0 Å². The van der Waals surface area contributed by atoms with E-state index < -0.39 is 0 Å². The van der Waals surface area contributed by atoms with E-state index in [1.165, 1.54) is 0 Å². The molecule has 0 N–H and O–H groups in total. The van der Waals surface area contributed by atoms with Crippen molar-refractivity contribution in [1.82, 2.24) is 0 Å². The van der Waals surface area contributed by atoms with Gasteiger partial charge >= 0.3 is 0 Å². The molecule has 0 aliphatic rings. The van der Waals surface area contributed by atoms with E-state index in [0.717, 1.165) is 15.4 Å². The lowest BCUT2D eigenvalue weighted by Crippen LogP contribution is -2.03. The van der Waals surface area contributed by atoms with Gasteiger partial charge in [0, 0.05) is 15.7 Å². The number of nitriles is 2. The summed E-state index contributed by atoms with van der Waals surface area (Å²) < 4.78 is 0. The molecular formula is C18H16N2S. The smallest absolute Gasteiger partial charge is 0.0736 e. The molecule has 3 heteroatoms. The standard InChI is InChI=1S/C18H16N2S/c1-14(12-19)11-15(13-20)17-9-5-6-10-18(17)21-16-7-3-2-4-8-16/h2-10,14-15H,11H2,1H3/t14?,15-/m1/s1. The largest absolute Gasteiger partial charge is 0.198 e. The molecule has 0 amide bonds. The van der Waals surface area contributed by atoms with Crippen molar-refractivity contribution in [2.24, 2.45) is 5.92 Å². The quantitative estimate of drug-likeness (QED) is 0.779. The second-order valence-electron chi connectivity index (χ2n) is 4.90. The lowest BCUT2D eigenvalue weighted by molar-refractivity contribution is 0.613. The summed E-state index contributed by atoms with van der Waals surface area (Å²) >= 11 is 1.66. The predicted octanol–water partition coefficient (Wildman–Crippen LogP) is 4.99. The van der Waals surface area contributed by atoms with Gasteiger partial charge in [0.2, 0.25) is 0 Å². The van der Waals surface area contributed by atoms with E-state index in [1.54, 1.807) is 11.8 Å². The second kappa shape index (κ2) is 7.53. The van der Waals surface area contributed by atoms with E-state index in [4.69, 9.17) is 5.26 Å². The number of benzene rings is 2. The lowest BCUT2D eigenvalue weighted by atomic mass is 9.91. The van der Waals surface area contributed by atoms with Gasteiger partial charge in [-0.3, -0.25) is 0 Å². The van der Waals surface area contributed by atoms with E-state index >= 15 is 0 Å². The molecule has 2 rings (SSSR count). The van der Waals surface area contributed by atoms with Crippen molar-refractivity contribution in [2.45, 2.75) is 29.1 Å². The first-order valence-electron chi connectivity index (χ1n) is 6.85. The summed E-state index contributed by atoms with van der Waals surface area (Å²) in [6.07, 6.45) is 0.569. The molecule has 0 aliphatic heterocycles. The molecule has 0 radical (unpaired) electrons. The first-order chi connectivity index (χ1) is 10.2. The maximum absolute atomic E-state index is 9.45. The number of hydrogen-bond donors (Lipinski definition) is 0. The van der Waals surface area contributed by atoms with Gasteiger partial charge in [-0.2, -0.15) is 10.5 Å². The van der Waals surface area contributed by atoms with Gasteiger partial charge in [0.1, 0.15) is 0 Å². The highest BCUT2D eigenvalue weighted by molar-refractivity contribution is 7.99. The van der Waals surface area contributed by atoms with Gasteiger partial charge in [-0.25, -0.2) is 0 Å². The van der Waals surface area contributed by atoms with Crippen LogP contribution in [0.3, 0.4) is 0 Å². The minimum atomic E-state index is -0.243. The zero-order valence-corrected chi connectivity index (χ0v) is 12.7. The maximum atomic E-state index is 9.45. The fourth-order valence-electron chi connectivity index (χ4n) is 2.13. The first kappa shape index (κ1) is 15.2. The minimum Gasteiger partial charge on any atom is -0.198 e. The zero-order chi connectivity index (χ0) is 15.1. The third kappa shape index (κ3) is 4.12. The van der Waals surface area contributed by atoms with Crippen molar-refractivity contribution in [3.63, 3.8) is 0 Å². The van der Waals surface area contributed by atoms with Gasteiger partial charge in [0.25, 0.3) is 0 Å². The van der Waals surface area contributed by atoms with Crippen LogP contribution in [0.4, 0.5) is 0 Å². The summed E-state index contributed by atoms with van der Waals surface area (Å²) in [5, 5.41) is 18.4. The van der Waals surface area contributed by atoms with E-state index in [-0.39, 0.29) is 11.8 Å². The molecule has 2 aromatic rings. The average Bonchev–Trinajstić information content (AvgIpc) is 2.54. The fraction of sp³-hybridized carbons (Fsp3) is 0.222. The summed E-state index contributed by atoms with van der Waals surface area (Å²) in [4.78, 5) is 2.23. The molecule has 21 heavy (non-hydrogen) atoms. The van der Waals surface area contributed by atoms with Gasteiger partial charge in [-0.1, -0.05) is 48.2 Å². The van der Waals surface area contributed by atoms with Crippen molar-refractivity contribution in [2.75, 3.05) is 0 Å². The van der Waals surface area contributed by atoms with Crippen LogP contribution in [0.1, 0.15) is 24.8 Å². The topological polar surface area (TPSA) is 47.6 Å². The Kier molecular flexibility index (Phi) is 5.43. The molecule has 0 bridgehead atoms. The van der Waals surface area contributed by atoms with Crippen molar-refractivity contribution >= 4 is 11.8 Å². The van der Waals surface area contributed by atoms with Crippen LogP contribution in [0.25, 0.3) is 0 Å². The Morgan fingerprint density at radius 3 is 2.29 bits per heavy atom. The van der Waals surface area contributed by atoms with Gasteiger partial charge in [0.05, 0.1) is 18.1 Å². The molecule has 0 spiro atoms. The predicted molar refractivity (Wildman–Crippen MR) is 84.8 cm³/mol. The number of nitrogens with zero attached hydrogens (tertiary/aromatic N) is 2. The monoisotopic (exact) mass is 292 g/mol. The molecule has 0 heterocycles. The van der Waals surface area contributed by atoms with Gasteiger partial charge in [-0.05, 0) is 37.1 Å². The van der Waals surface area contributed by atoms with E-state index in [0.29, 0.717) is 6.42 Å². The molecule has 0 fully saturated rings. The molecular weight excluding hydrogens is 276 g/mol. The molecule has 104 valence electrons. The second-order valence-corrected chi connectivity index (χ2v) is 6.02. The third-order valence-corrected chi connectivity index (χ3v) is 4.33. The normalized spacial score (nSPS) is 12.9. The lowest BCUT2D eigenvalue weighted by Gasteiger charge is -2.15. The third-order valence-electron chi connectivity index (χ3n) is 3.23. The Balaban J connectivity index is 2.28. The zero-order valence-electron chi connectivity index (χ0n) is 11.9. The van der Waals surface area contributed by atoms with Crippen molar-refractivity contribution in [1.29, 1.82) is 10.5 Å². The molecule has 0 aliphatic carbocycles. The van der Waals surface area contributed by atoms with Gasteiger partial charge in [0.15, 0.2) is 0 Å². The van der Waals surface area contributed by atoms with Gasteiger partial charge < -0.3 is 0 Å². The van der Waals surface area contributed by atoms with E-state index in [9.17, 15) is 5.26 Å². The molecule has 2 aromatic carbocycles. The van der Waals surface area contributed by atoms with Crippen molar-refractivity contribution in [3.8, 4) is 12.1 Å². The highest BCUT2D eigenvalue weighted by atomic mass is 32.2. The molecule has 2 atom stereocenters. The van der Waals surface area contributed by atoms with Gasteiger partial charge in [-0.15, -0.1) is 0 Å². The summed E-state index contributed by atoms with van der Waals surface area (Å²) in [5.74, 6) is -0.364. The SMILES string of the molecule is CC(C#N)C[C@H](C#N)c1ccccc1Sc1ccccc1. The van der Waals surface area contributed by atoms with Crippen LogP contribution in [0.15, 0.2) is 64.4 Å². The summed E-state index contributed by atoms with van der Waals surface area (Å²) in [6.45, 7) is 1.86. The van der Waals surface area contributed by atoms with Crippen LogP contribution in [0.2, 0.25) is 0 Å². The Labute approximate surface area is 130 Å². The Morgan fingerprint density at radius 2 is 1.62 bits per heavy atom. The first-order valence-corrected chi connectivity index (χ1v) is 7.67. The highest BCUT2D eigenvalue weighted by Crippen LogP contribution is 2.35. The molecule has 0 saturated carbocycles. The van der Waals surface area contributed by atoms with Crippen molar-refractivity contribution in [3.05, 3.63) is 60.2 Å². The number of hydrogen-bond acceptors (Lipinski definition) is 3. The summed E-state index contributed by atoms with van der Waals surface area (Å²) in [6, 6.07) is 22.6. The van der Waals surface area contributed by atoms with Crippen LogP contribution in [-0.4, -0.2) is 0 Å². The maximum Gasteiger partial charge on any atom is 0.0736 e.